The third kappa shape index (κ3) is 22.8. The molecule has 2 heteroatoms. The van der Waals surface area contributed by atoms with Crippen LogP contribution in [0.15, 0.2) is 0 Å². The van der Waals surface area contributed by atoms with Crippen molar-refractivity contribution in [1.82, 2.24) is 0 Å². The Bertz CT molecular complexity index is 464. The van der Waals surface area contributed by atoms with Gasteiger partial charge in [0.1, 0.15) is 10.5 Å². The van der Waals surface area contributed by atoms with Crippen LogP contribution in [0.5, 0.6) is 0 Å². The van der Waals surface area contributed by atoms with Gasteiger partial charge in [-0.05, 0) is 62.5 Å². The molecule has 0 amide bonds. The van der Waals surface area contributed by atoms with Crippen molar-refractivity contribution < 1.29 is 4.55 Å². The minimum absolute atomic E-state index is 0.430. The highest BCUT2D eigenvalue weighted by Gasteiger charge is 2.38. The van der Waals surface area contributed by atoms with E-state index in [1.807, 2.05) is 0 Å². The van der Waals surface area contributed by atoms with E-state index in [1.54, 1.807) is 0 Å². The van der Waals surface area contributed by atoms with E-state index >= 15 is 0 Å². The Morgan fingerprint density at radius 2 is 0.595 bits per heavy atom. The maximum absolute atomic E-state index is 14.7. The van der Waals surface area contributed by atoms with Crippen LogP contribution in [-0.2, 0) is 11.2 Å². The first kappa shape index (κ1) is 42.3. The van der Waals surface area contributed by atoms with E-state index in [-0.39, 0.29) is 0 Å². The van der Waals surface area contributed by atoms with Crippen LogP contribution in [0, 0.1) is 11.8 Å². The van der Waals surface area contributed by atoms with Crippen LogP contribution in [0.25, 0.3) is 0 Å². The van der Waals surface area contributed by atoms with Crippen molar-refractivity contribution in [1.29, 1.82) is 0 Å². The molecule has 4 atom stereocenters. The highest BCUT2D eigenvalue weighted by molar-refractivity contribution is 7.92. The molecule has 0 aromatic heterocycles. The van der Waals surface area contributed by atoms with Crippen molar-refractivity contribution in [3.8, 4) is 0 Å². The van der Waals surface area contributed by atoms with E-state index in [0.29, 0.717) is 22.3 Å². The van der Waals surface area contributed by atoms with Crippen LogP contribution in [0.4, 0.5) is 0 Å². The minimum atomic E-state index is -0.690. The molecule has 0 aliphatic rings. The molecule has 0 aliphatic heterocycles. The first-order chi connectivity index (χ1) is 20.6. The summed E-state index contributed by atoms with van der Waals surface area (Å²) in [5, 5.41) is 0.860. The first-order valence-corrected chi connectivity index (χ1v) is 21.3. The van der Waals surface area contributed by atoms with E-state index < -0.39 is 11.2 Å². The van der Waals surface area contributed by atoms with E-state index in [9.17, 15) is 4.55 Å². The molecule has 0 aliphatic carbocycles. The molecule has 0 fully saturated rings. The van der Waals surface area contributed by atoms with Gasteiger partial charge in [-0.2, -0.15) is 0 Å². The molecule has 0 heterocycles. The number of hydrogen-bond acceptors (Lipinski definition) is 1. The fourth-order valence-electron chi connectivity index (χ4n) is 7.21. The lowest BCUT2D eigenvalue weighted by Gasteiger charge is -2.37. The van der Waals surface area contributed by atoms with E-state index in [0.717, 1.165) is 0 Å². The fourth-order valence-corrected chi connectivity index (χ4v) is 9.87. The highest BCUT2D eigenvalue weighted by Crippen LogP contribution is 2.36. The molecule has 1 nitrogen and oxygen atoms in total. The standard InChI is InChI=1S/C40H82OS/c1-7-13-17-19-21-23-25-27-29-31-35-39(37(11-5)33-15-9-3)42(41)40(38(12-6)34-16-10-4)36-32-30-28-26-24-22-20-18-14-8-2/h37-40H,7-36H2,1-6H3. The van der Waals surface area contributed by atoms with Crippen molar-refractivity contribution in [3.63, 3.8) is 0 Å². The number of unbranched alkanes of at least 4 members (excludes halogenated alkanes) is 20. The summed E-state index contributed by atoms with van der Waals surface area (Å²) in [5.74, 6) is 1.31. The molecule has 0 aromatic carbocycles. The average molecular weight is 611 g/mol. The maximum atomic E-state index is 14.7. The molecule has 0 saturated carbocycles. The summed E-state index contributed by atoms with van der Waals surface area (Å²) in [6, 6.07) is 0. The van der Waals surface area contributed by atoms with E-state index in [2.05, 4.69) is 41.5 Å². The molecule has 0 N–H and O–H groups in total. The lowest BCUT2D eigenvalue weighted by molar-refractivity contribution is 0.363. The minimum Gasteiger partial charge on any atom is -0.616 e. The van der Waals surface area contributed by atoms with Crippen molar-refractivity contribution in [2.45, 2.75) is 245 Å². The average Bonchev–Trinajstić information content (AvgIpc) is 3.00. The van der Waals surface area contributed by atoms with Crippen LogP contribution in [0.1, 0.15) is 234 Å². The number of hydrogen-bond donors (Lipinski definition) is 0. The molecule has 0 rings (SSSR count). The smallest absolute Gasteiger partial charge is 0.118 e. The predicted molar refractivity (Wildman–Crippen MR) is 195 cm³/mol. The normalized spacial score (nSPS) is 15.5. The van der Waals surface area contributed by atoms with Gasteiger partial charge in [0.25, 0.3) is 0 Å². The second-order valence-electron chi connectivity index (χ2n) is 14.0. The van der Waals surface area contributed by atoms with Crippen LogP contribution in [-0.4, -0.2) is 15.1 Å². The van der Waals surface area contributed by atoms with Gasteiger partial charge in [0, 0.05) is 11.8 Å². The Labute approximate surface area is 271 Å². The molecular weight excluding hydrogens is 529 g/mol. The molecule has 0 saturated heterocycles. The summed E-state index contributed by atoms with van der Waals surface area (Å²) in [6.45, 7) is 14.0. The largest absolute Gasteiger partial charge is 0.616 e. The third-order valence-corrected chi connectivity index (χ3v) is 12.7. The molecular formula is C40H82OS. The molecule has 0 spiro atoms. The van der Waals surface area contributed by atoms with Crippen LogP contribution in [0.2, 0.25) is 0 Å². The molecule has 0 bridgehead atoms. The van der Waals surface area contributed by atoms with Gasteiger partial charge in [-0.1, -0.05) is 183 Å². The van der Waals surface area contributed by atoms with Crippen LogP contribution >= 0.6 is 0 Å². The number of rotatable bonds is 34. The third-order valence-electron chi connectivity index (χ3n) is 10.2. The zero-order chi connectivity index (χ0) is 31.1. The van der Waals surface area contributed by atoms with Crippen molar-refractivity contribution in [3.05, 3.63) is 0 Å². The Morgan fingerprint density at radius 1 is 0.333 bits per heavy atom. The van der Waals surface area contributed by atoms with Gasteiger partial charge in [0.2, 0.25) is 0 Å². The van der Waals surface area contributed by atoms with Gasteiger partial charge in [-0.25, -0.2) is 0 Å². The van der Waals surface area contributed by atoms with E-state index in [1.165, 1.54) is 193 Å². The summed E-state index contributed by atoms with van der Waals surface area (Å²) >= 11 is -0.690. The zero-order valence-corrected chi connectivity index (χ0v) is 31.2. The van der Waals surface area contributed by atoms with Crippen molar-refractivity contribution in [2.24, 2.45) is 11.8 Å². The monoisotopic (exact) mass is 611 g/mol. The van der Waals surface area contributed by atoms with Crippen LogP contribution < -0.4 is 0 Å². The Morgan fingerprint density at radius 3 is 0.857 bits per heavy atom. The van der Waals surface area contributed by atoms with Crippen LogP contribution in [0.3, 0.4) is 0 Å². The van der Waals surface area contributed by atoms with Gasteiger partial charge in [-0.15, -0.1) is 0 Å². The zero-order valence-electron chi connectivity index (χ0n) is 30.3. The molecule has 0 aromatic rings. The maximum Gasteiger partial charge on any atom is 0.118 e. The summed E-state index contributed by atoms with van der Waals surface area (Å²) in [6.07, 6.45) is 40.4. The molecule has 254 valence electrons. The van der Waals surface area contributed by atoms with E-state index in [4.69, 9.17) is 0 Å². The lowest BCUT2D eigenvalue weighted by atomic mass is 9.91. The molecule has 0 radical (unpaired) electrons. The van der Waals surface area contributed by atoms with Gasteiger partial charge in [0.05, 0.1) is 0 Å². The second kappa shape index (κ2) is 32.7. The van der Waals surface area contributed by atoms with Crippen molar-refractivity contribution in [2.75, 3.05) is 0 Å². The van der Waals surface area contributed by atoms with Crippen molar-refractivity contribution >= 4 is 11.2 Å². The second-order valence-corrected chi connectivity index (χ2v) is 15.8. The summed E-state index contributed by atoms with van der Waals surface area (Å²) in [7, 11) is 0. The predicted octanol–water partition coefficient (Wildman–Crippen LogP) is 14.5. The van der Waals surface area contributed by atoms with Gasteiger partial charge < -0.3 is 4.55 Å². The highest BCUT2D eigenvalue weighted by atomic mass is 32.2. The fraction of sp³-hybridized carbons (Fsp3) is 1.00. The topological polar surface area (TPSA) is 23.1 Å². The summed E-state index contributed by atoms with van der Waals surface area (Å²) in [4.78, 5) is 0. The molecule has 4 unspecified atom stereocenters. The SMILES string of the molecule is CCCCCCCCCCCCC(C(CC)CCCC)[S+]([O-])C(CCCCCCCCCCCC)C(CC)CCCC. The Kier molecular flexibility index (Phi) is 32.9. The molecule has 42 heavy (non-hydrogen) atoms. The Hall–Kier alpha value is 0.310. The lowest BCUT2D eigenvalue weighted by Crippen LogP contribution is -2.41. The quantitative estimate of drug-likeness (QED) is 0.0525. The first-order valence-electron chi connectivity index (χ1n) is 20.0. The Balaban J connectivity index is 5.06. The van der Waals surface area contributed by atoms with Gasteiger partial charge >= 0.3 is 0 Å². The summed E-state index contributed by atoms with van der Waals surface area (Å²) in [5.41, 5.74) is 0. The summed E-state index contributed by atoms with van der Waals surface area (Å²) < 4.78 is 14.7. The van der Waals surface area contributed by atoms with Gasteiger partial charge in [0.15, 0.2) is 0 Å². The van der Waals surface area contributed by atoms with Gasteiger partial charge in [-0.3, -0.25) is 0 Å².